The number of aryl methyl sites for hydroxylation is 2. The molecule has 1 amide bonds. The number of rotatable bonds is 4. The summed E-state index contributed by atoms with van der Waals surface area (Å²) in [6.07, 6.45) is 4.81. The molecule has 148 valence electrons. The third kappa shape index (κ3) is 4.26. The van der Waals surface area contributed by atoms with E-state index in [9.17, 15) is 4.79 Å². The SMILES string of the molecule is Cc1cccc(N2CCN(C(=O)c3cc(C)nc(NC4CCCC4)n3)CC2)c1. The Labute approximate surface area is 167 Å². The molecular weight excluding hydrogens is 350 g/mol. The first kappa shape index (κ1) is 18.7. The molecule has 2 fully saturated rings. The van der Waals surface area contributed by atoms with E-state index in [1.807, 2.05) is 11.8 Å². The minimum absolute atomic E-state index is 0.00358. The van der Waals surface area contributed by atoms with E-state index < -0.39 is 0 Å². The highest BCUT2D eigenvalue weighted by atomic mass is 16.2. The van der Waals surface area contributed by atoms with Gasteiger partial charge in [-0.05, 0) is 50.5 Å². The number of hydrogen-bond donors (Lipinski definition) is 1. The first-order chi connectivity index (χ1) is 13.6. The number of carbonyl (C=O) groups excluding carboxylic acids is 1. The van der Waals surface area contributed by atoms with Crippen molar-refractivity contribution in [1.82, 2.24) is 14.9 Å². The van der Waals surface area contributed by atoms with Gasteiger partial charge in [-0.3, -0.25) is 4.79 Å². The third-order valence-corrected chi connectivity index (χ3v) is 5.70. The van der Waals surface area contributed by atoms with Crippen molar-refractivity contribution in [2.45, 2.75) is 45.6 Å². The quantitative estimate of drug-likeness (QED) is 0.882. The van der Waals surface area contributed by atoms with Crippen LogP contribution in [-0.4, -0.2) is 53.0 Å². The maximum atomic E-state index is 13.0. The molecule has 1 aromatic carbocycles. The van der Waals surface area contributed by atoms with Crippen molar-refractivity contribution in [3.63, 3.8) is 0 Å². The Kier molecular flexibility index (Phi) is 5.46. The molecular formula is C22H29N5O. The number of nitrogens with one attached hydrogen (secondary N) is 1. The van der Waals surface area contributed by atoms with Crippen LogP contribution in [0.4, 0.5) is 11.6 Å². The minimum atomic E-state index is 0.00358. The summed E-state index contributed by atoms with van der Waals surface area (Å²) in [6.45, 7) is 7.13. The predicted molar refractivity (Wildman–Crippen MR) is 112 cm³/mol. The summed E-state index contributed by atoms with van der Waals surface area (Å²) in [5, 5.41) is 3.41. The molecule has 0 bridgehead atoms. The van der Waals surface area contributed by atoms with Gasteiger partial charge in [0.2, 0.25) is 5.95 Å². The highest BCUT2D eigenvalue weighted by molar-refractivity contribution is 5.92. The van der Waals surface area contributed by atoms with Crippen LogP contribution in [0.25, 0.3) is 0 Å². The van der Waals surface area contributed by atoms with Gasteiger partial charge in [0.25, 0.3) is 5.91 Å². The summed E-state index contributed by atoms with van der Waals surface area (Å²) in [5.41, 5.74) is 3.82. The largest absolute Gasteiger partial charge is 0.368 e. The molecule has 1 saturated carbocycles. The minimum Gasteiger partial charge on any atom is -0.368 e. The smallest absolute Gasteiger partial charge is 0.272 e. The fraction of sp³-hybridized carbons (Fsp3) is 0.500. The van der Waals surface area contributed by atoms with Crippen molar-refractivity contribution in [3.05, 3.63) is 47.3 Å². The van der Waals surface area contributed by atoms with Crippen molar-refractivity contribution in [2.24, 2.45) is 0 Å². The molecule has 0 atom stereocenters. The number of piperazine rings is 1. The molecule has 6 heteroatoms. The first-order valence-corrected chi connectivity index (χ1v) is 10.3. The van der Waals surface area contributed by atoms with Gasteiger partial charge in [-0.1, -0.05) is 25.0 Å². The Morgan fingerprint density at radius 1 is 1.04 bits per heavy atom. The molecule has 6 nitrogen and oxygen atoms in total. The monoisotopic (exact) mass is 379 g/mol. The summed E-state index contributed by atoms with van der Waals surface area (Å²) >= 11 is 0. The van der Waals surface area contributed by atoms with E-state index in [0.717, 1.165) is 31.6 Å². The number of carbonyl (C=O) groups is 1. The number of amides is 1. The average molecular weight is 380 g/mol. The normalized spacial score (nSPS) is 17.8. The van der Waals surface area contributed by atoms with Gasteiger partial charge in [-0.2, -0.15) is 0 Å². The lowest BCUT2D eigenvalue weighted by Gasteiger charge is -2.36. The maximum absolute atomic E-state index is 13.0. The number of aromatic nitrogens is 2. The van der Waals surface area contributed by atoms with Gasteiger partial charge >= 0.3 is 0 Å². The molecule has 2 aliphatic rings. The molecule has 1 saturated heterocycles. The molecule has 28 heavy (non-hydrogen) atoms. The molecule has 2 aromatic rings. The van der Waals surface area contributed by atoms with Crippen molar-refractivity contribution in [1.29, 1.82) is 0 Å². The Bertz CT molecular complexity index is 839. The second-order valence-corrected chi connectivity index (χ2v) is 7.96. The van der Waals surface area contributed by atoms with Crippen LogP contribution in [0, 0.1) is 13.8 Å². The van der Waals surface area contributed by atoms with Crippen LogP contribution in [0.2, 0.25) is 0 Å². The van der Waals surface area contributed by atoms with Gasteiger partial charge in [0.1, 0.15) is 5.69 Å². The fourth-order valence-corrected chi connectivity index (χ4v) is 4.15. The summed E-state index contributed by atoms with van der Waals surface area (Å²) in [6, 6.07) is 10.8. The van der Waals surface area contributed by atoms with Crippen LogP contribution < -0.4 is 10.2 Å². The van der Waals surface area contributed by atoms with E-state index in [2.05, 4.69) is 51.4 Å². The van der Waals surface area contributed by atoms with Crippen LogP contribution in [-0.2, 0) is 0 Å². The van der Waals surface area contributed by atoms with Gasteiger partial charge in [0.15, 0.2) is 0 Å². The van der Waals surface area contributed by atoms with Gasteiger partial charge in [0.05, 0.1) is 0 Å². The fourth-order valence-electron chi connectivity index (χ4n) is 4.15. The Hall–Kier alpha value is -2.63. The van der Waals surface area contributed by atoms with E-state index in [1.54, 1.807) is 6.07 Å². The van der Waals surface area contributed by atoms with Crippen molar-refractivity contribution < 1.29 is 4.79 Å². The Balaban J connectivity index is 1.41. The molecule has 0 spiro atoms. The van der Waals surface area contributed by atoms with E-state index in [0.29, 0.717) is 30.8 Å². The van der Waals surface area contributed by atoms with Gasteiger partial charge in [0, 0.05) is 43.6 Å². The Morgan fingerprint density at radius 2 is 1.79 bits per heavy atom. The second-order valence-electron chi connectivity index (χ2n) is 7.96. The molecule has 0 unspecified atom stereocenters. The second kappa shape index (κ2) is 8.17. The lowest BCUT2D eigenvalue weighted by Crippen LogP contribution is -2.49. The highest BCUT2D eigenvalue weighted by Crippen LogP contribution is 2.22. The zero-order valence-corrected chi connectivity index (χ0v) is 16.8. The molecule has 1 aromatic heterocycles. The van der Waals surface area contributed by atoms with Crippen LogP contribution in [0.5, 0.6) is 0 Å². The Morgan fingerprint density at radius 3 is 2.50 bits per heavy atom. The highest BCUT2D eigenvalue weighted by Gasteiger charge is 2.24. The third-order valence-electron chi connectivity index (χ3n) is 5.70. The molecule has 0 radical (unpaired) electrons. The summed E-state index contributed by atoms with van der Waals surface area (Å²) < 4.78 is 0. The topological polar surface area (TPSA) is 61.4 Å². The van der Waals surface area contributed by atoms with Crippen molar-refractivity contribution in [3.8, 4) is 0 Å². The van der Waals surface area contributed by atoms with E-state index in [4.69, 9.17) is 0 Å². The summed E-state index contributed by atoms with van der Waals surface area (Å²) in [5.74, 6) is 0.595. The van der Waals surface area contributed by atoms with Crippen molar-refractivity contribution >= 4 is 17.5 Å². The van der Waals surface area contributed by atoms with E-state index in [-0.39, 0.29) is 5.91 Å². The van der Waals surface area contributed by atoms with E-state index in [1.165, 1.54) is 24.1 Å². The standard InChI is InChI=1S/C22H29N5O/c1-16-6-5-9-19(14-16)26-10-12-27(13-11-26)21(28)20-15-17(2)23-22(25-20)24-18-7-3-4-8-18/h5-6,9,14-15,18H,3-4,7-8,10-13H2,1-2H3,(H,23,24,25). The number of benzene rings is 1. The summed E-state index contributed by atoms with van der Waals surface area (Å²) in [7, 11) is 0. The lowest BCUT2D eigenvalue weighted by atomic mass is 10.2. The zero-order valence-electron chi connectivity index (χ0n) is 16.8. The van der Waals surface area contributed by atoms with Gasteiger partial charge in [-0.25, -0.2) is 9.97 Å². The zero-order chi connectivity index (χ0) is 19.5. The number of hydrogen-bond acceptors (Lipinski definition) is 5. The van der Waals surface area contributed by atoms with Crippen molar-refractivity contribution in [2.75, 3.05) is 36.4 Å². The van der Waals surface area contributed by atoms with Crippen LogP contribution in [0.1, 0.15) is 47.4 Å². The molecule has 2 heterocycles. The van der Waals surface area contributed by atoms with Crippen LogP contribution in [0.3, 0.4) is 0 Å². The molecule has 1 aliphatic carbocycles. The summed E-state index contributed by atoms with van der Waals surface area (Å²) in [4.78, 5) is 26.3. The maximum Gasteiger partial charge on any atom is 0.272 e. The molecule has 1 aliphatic heterocycles. The average Bonchev–Trinajstić information content (AvgIpc) is 3.20. The van der Waals surface area contributed by atoms with Crippen LogP contribution in [0.15, 0.2) is 30.3 Å². The predicted octanol–water partition coefficient (Wildman–Crippen LogP) is 3.41. The number of nitrogens with zero attached hydrogens (tertiary/aromatic N) is 4. The lowest BCUT2D eigenvalue weighted by molar-refractivity contribution is 0.0740. The molecule has 4 rings (SSSR count). The number of anilines is 2. The van der Waals surface area contributed by atoms with Crippen LogP contribution >= 0.6 is 0 Å². The molecule has 1 N–H and O–H groups in total. The van der Waals surface area contributed by atoms with Gasteiger partial charge < -0.3 is 15.1 Å². The van der Waals surface area contributed by atoms with Gasteiger partial charge in [-0.15, -0.1) is 0 Å². The van der Waals surface area contributed by atoms with E-state index >= 15 is 0 Å². The first-order valence-electron chi connectivity index (χ1n) is 10.3.